The largest absolute Gasteiger partial charge is 0.461 e. The highest BCUT2D eigenvalue weighted by molar-refractivity contribution is 5.98. The number of ketones is 1. The molecule has 0 aromatic carbocycles. The Morgan fingerprint density at radius 2 is 1.85 bits per heavy atom. The van der Waals surface area contributed by atoms with Crippen LogP contribution in [-0.4, -0.2) is 64.9 Å². The molecule has 1 N–H and O–H groups in total. The normalized spacial score (nSPS) is 45.9. The number of carbonyl (C=O) groups excluding carboxylic acids is 4. The van der Waals surface area contributed by atoms with Gasteiger partial charge >= 0.3 is 17.9 Å². The number of esters is 3. The van der Waals surface area contributed by atoms with Crippen LogP contribution in [0.25, 0.3) is 0 Å². The fraction of sp³-hybridized carbons (Fsp3) is 0.750. The van der Waals surface area contributed by atoms with Crippen molar-refractivity contribution in [1.29, 1.82) is 0 Å². The summed E-state index contributed by atoms with van der Waals surface area (Å²) >= 11 is 0. The molecule has 0 aromatic rings. The molecule has 1 spiro atoms. The van der Waals surface area contributed by atoms with E-state index >= 15 is 0 Å². The second-order valence-electron chi connectivity index (χ2n) is 14.0. The fourth-order valence-electron chi connectivity index (χ4n) is 10.2. The van der Waals surface area contributed by atoms with Crippen LogP contribution in [0.5, 0.6) is 0 Å². The predicted octanol–water partition coefficient (Wildman–Crippen LogP) is 3.61. The van der Waals surface area contributed by atoms with Crippen molar-refractivity contribution in [1.82, 2.24) is 0 Å². The van der Waals surface area contributed by atoms with Crippen LogP contribution in [0.1, 0.15) is 80.1 Å². The number of ether oxygens (including phenoxy) is 4. The minimum absolute atomic E-state index is 0.0455. The average Bonchev–Trinajstić information content (AvgIpc) is 3.50. The molecule has 2 aliphatic heterocycles. The zero-order valence-electron chi connectivity index (χ0n) is 24.9. The van der Waals surface area contributed by atoms with Gasteiger partial charge in [0.2, 0.25) is 0 Å². The molecule has 9 heteroatoms. The van der Waals surface area contributed by atoms with Gasteiger partial charge in [-0.1, -0.05) is 12.5 Å². The maximum Gasteiger partial charge on any atom is 0.337 e. The first-order valence-corrected chi connectivity index (χ1v) is 15.0. The number of epoxide rings is 1. The summed E-state index contributed by atoms with van der Waals surface area (Å²) in [6.45, 7) is 10.5. The highest BCUT2D eigenvalue weighted by Gasteiger charge is 2.81. The van der Waals surface area contributed by atoms with Crippen LogP contribution < -0.4 is 0 Å². The van der Waals surface area contributed by atoms with Crippen molar-refractivity contribution in [2.75, 3.05) is 6.61 Å². The van der Waals surface area contributed by atoms with Gasteiger partial charge in [-0.15, -0.1) is 0 Å². The smallest absolute Gasteiger partial charge is 0.337 e. The van der Waals surface area contributed by atoms with Gasteiger partial charge in [-0.25, -0.2) is 4.79 Å². The molecule has 9 nitrogen and oxygen atoms in total. The third-order valence-electron chi connectivity index (χ3n) is 12.2. The first-order valence-electron chi connectivity index (χ1n) is 15.0. The minimum atomic E-state index is -1.26. The van der Waals surface area contributed by atoms with Crippen LogP contribution in [0.2, 0.25) is 0 Å². The molecule has 0 bridgehead atoms. The number of carbonyl (C=O) groups is 4. The van der Waals surface area contributed by atoms with Gasteiger partial charge in [-0.2, -0.15) is 0 Å². The highest BCUT2D eigenvalue weighted by atomic mass is 16.7. The first-order chi connectivity index (χ1) is 19.2. The van der Waals surface area contributed by atoms with Crippen molar-refractivity contribution in [2.24, 2.45) is 34.5 Å². The van der Waals surface area contributed by atoms with Crippen LogP contribution in [0.3, 0.4) is 0 Å². The third kappa shape index (κ3) is 3.87. The number of aliphatic hydroxyl groups is 1. The second kappa shape index (κ2) is 9.24. The van der Waals surface area contributed by atoms with Gasteiger partial charge in [0, 0.05) is 20.3 Å². The lowest BCUT2D eigenvalue weighted by Gasteiger charge is -2.59. The molecule has 1 saturated heterocycles. The summed E-state index contributed by atoms with van der Waals surface area (Å²) in [6.07, 6.45) is 6.39. The average molecular weight is 571 g/mol. The quantitative estimate of drug-likeness (QED) is 0.299. The van der Waals surface area contributed by atoms with Crippen molar-refractivity contribution < 1.29 is 43.2 Å². The summed E-state index contributed by atoms with van der Waals surface area (Å²) in [5.74, 6) is -0.853. The monoisotopic (exact) mass is 570 g/mol. The van der Waals surface area contributed by atoms with E-state index in [1.165, 1.54) is 13.8 Å². The minimum Gasteiger partial charge on any atom is -0.461 e. The maximum absolute atomic E-state index is 13.6. The SMILES string of the molecule is CC(=O)OCC1=C(C)C[C@H]([C@](C)(O)[C@H]2CC[C@H]3[C@@H]4C[C@H]5O[C@]56[C@@H](OC(C)=O)C=CC(=O)[C@]6(C)[C@H]4CC[C@]23C)OC1=O. The molecule has 4 aliphatic carbocycles. The van der Waals surface area contributed by atoms with E-state index in [1.807, 2.05) is 13.8 Å². The predicted molar refractivity (Wildman–Crippen MR) is 145 cm³/mol. The van der Waals surface area contributed by atoms with Crippen LogP contribution in [-0.2, 0) is 38.1 Å². The van der Waals surface area contributed by atoms with E-state index in [9.17, 15) is 24.3 Å². The molecule has 0 aromatic heterocycles. The molecule has 2 heterocycles. The van der Waals surface area contributed by atoms with Gasteiger partial charge in [0.05, 0.1) is 17.1 Å². The molecule has 6 aliphatic rings. The Morgan fingerprint density at radius 3 is 2.51 bits per heavy atom. The molecular formula is C32H42O9. The molecule has 0 radical (unpaired) electrons. The zero-order chi connectivity index (χ0) is 29.7. The molecule has 224 valence electrons. The van der Waals surface area contributed by atoms with E-state index in [4.69, 9.17) is 18.9 Å². The third-order valence-corrected chi connectivity index (χ3v) is 12.2. The number of hydrogen-bond donors (Lipinski definition) is 1. The number of cyclic esters (lactones) is 1. The van der Waals surface area contributed by atoms with Crippen molar-refractivity contribution >= 4 is 23.7 Å². The van der Waals surface area contributed by atoms with Crippen LogP contribution in [0.4, 0.5) is 0 Å². The molecule has 41 heavy (non-hydrogen) atoms. The Morgan fingerprint density at radius 1 is 1.12 bits per heavy atom. The molecule has 4 fully saturated rings. The van der Waals surface area contributed by atoms with E-state index < -0.39 is 40.8 Å². The maximum atomic E-state index is 13.6. The summed E-state index contributed by atoms with van der Waals surface area (Å²) in [6, 6.07) is 0. The first kappa shape index (κ1) is 28.6. The van der Waals surface area contributed by atoms with Crippen LogP contribution in [0.15, 0.2) is 23.3 Å². The lowest BCUT2D eigenvalue weighted by Crippen LogP contribution is -2.64. The number of fused-ring (bicyclic) bond motifs is 4. The molecule has 3 saturated carbocycles. The van der Waals surface area contributed by atoms with Gasteiger partial charge < -0.3 is 24.1 Å². The summed E-state index contributed by atoms with van der Waals surface area (Å²) in [4.78, 5) is 49.7. The molecule has 0 amide bonds. The number of allylic oxidation sites excluding steroid dienone is 1. The topological polar surface area (TPSA) is 129 Å². The summed E-state index contributed by atoms with van der Waals surface area (Å²) < 4.78 is 22.9. The zero-order valence-corrected chi connectivity index (χ0v) is 24.9. The van der Waals surface area contributed by atoms with Crippen molar-refractivity contribution in [3.63, 3.8) is 0 Å². The molecule has 0 unspecified atom stereocenters. The lowest BCUT2D eigenvalue weighted by atomic mass is 9.44. The van der Waals surface area contributed by atoms with Gasteiger partial charge in [-0.05, 0) is 94.1 Å². The van der Waals surface area contributed by atoms with E-state index in [-0.39, 0.29) is 53.6 Å². The van der Waals surface area contributed by atoms with E-state index in [1.54, 1.807) is 19.1 Å². The molecular weight excluding hydrogens is 528 g/mol. The van der Waals surface area contributed by atoms with Gasteiger partial charge in [-0.3, -0.25) is 14.4 Å². The fourth-order valence-corrected chi connectivity index (χ4v) is 10.2. The Kier molecular flexibility index (Phi) is 6.44. The summed E-state index contributed by atoms with van der Waals surface area (Å²) in [7, 11) is 0. The van der Waals surface area contributed by atoms with Crippen LogP contribution >= 0.6 is 0 Å². The highest BCUT2D eigenvalue weighted by Crippen LogP contribution is 2.73. The van der Waals surface area contributed by atoms with Crippen molar-refractivity contribution in [2.45, 2.75) is 110 Å². The van der Waals surface area contributed by atoms with E-state index in [0.717, 1.165) is 37.7 Å². The Balaban J connectivity index is 1.25. The Bertz CT molecular complexity index is 1260. The Labute approximate surface area is 241 Å². The van der Waals surface area contributed by atoms with E-state index in [2.05, 4.69) is 6.92 Å². The van der Waals surface area contributed by atoms with Gasteiger partial charge in [0.15, 0.2) is 11.9 Å². The van der Waals surface area contributed by atoms with Crippen molar-refractivity contribution in [3.8, 4) is 0 Å². The summed E-state index contributed by atoms with van der Waals surface area (Å²) in [5.41, 5.74) is -1.94. The van der Waals surface area contributed by atoms with Gasteiger partial charge in [0.25, 0.3) is 0 Å². The Hall–Kier alpha value is -2.52. The molecule has 6 rings (SSSR count). The second-order valence-corrected chi connectivity index (χ2v) is 14.0. The molecule has 11 atom stereocenters. The van der Waals surface area contributed by atoms with E-state index in [0.29, 0.717) is 12.0 Å². The van der Waals surface area contributed by atoms with Crippen LogP contribution in [0, 0.1) is 34.5 Å². The van der Waals surface area contributed by atoms with Crippen molar-refractivity contribution in [3.05, 3.63) is 23.3 Å². The van der Waals surface area contributed by atoms with Gasteiger partial charge in [0.1, 0.15) is 23.9 Å². The lowest BCUT2D eigenvalue weighted by molar-refractivity contribution is -0.186. The summed E-state index contributed by atoms with van der Waals surface area (Å²) in [5, 5.41) is 12.1. The number of hydrogen-bond acceptors (Lipinski definition) is 9. The number of rotatable bonds is 5. The standard InChI is InChI=1S/C32H42O9/c1-16-13-26(40-28(36)20(16)15-38-17(2)33)31(6,37)23-8-7-21-19-14-27-32(41-27)25(39-18(3)34)10-9-24(35)30(32,5)22(19)11-12-29(21,23)4/h9-10,19,21-23,25-27,37H,7-8,11-15H2,1-6H3/t19-,21-,22-,23-,25-,26+,27+,29-,30-,31+,32+/m0/s1.